The second-order valence-corrected chi connectivity index (χ2v) is 9.05. The summed E-state index contributed by atoms with van der Waals surface area (Å²) < 4.78 is 79.2. The van der Waals surface area contributed by atoms with Crippen LogP contribution >= 0.6 is 0 Å². The lowest BCUT2D eigenvalue weighted by atomic mass is 9.92. The van der Waals surface area contributed by atoms with Gasteiger partial charge in [-0.2, -0.15) is 32.9 Å². The van der Waals surface area contributed by atoms with Crippen LogP contribution in [0.2, 0.25) is 0 Å². The van der Waals surface area contributed by atoms with Crippen LogP contribution in [0.1, 0.15) is 22.4 Å². The zero-order valence-electron chi connectivity index (χ0n) is 20.1. The van der Waals surface area contributed by atoms with Crippen LogP contribution in [0, 0.1) is 6.57 Å². The Labute approximate surface area is 223 Å². The van der Waals surface area contributed by atoms with Crippen LogP contribution in [0.25, 0.3) is 49.5 Å². The topological polar surface area (TPSA) is 42.5 Å². The Morgan fingerprint density at radius 1 is 0.575 bits per heavy atom. The Bertz CT molecular complexity index is 1860. The van der Waals surface area contributed by atoms with E-state index in [1.54, 1.807) is 24.3 Å². The summed E-state index contributed by atoms with van der Waals surface area (Å²) in [6.07, 6.45) is -9.06. The van der Waals surface area contributed by atoms with Crippen LogP contribution in [-0.4, -0.2) is 15.7 Å². The predicted octanol–water partition coefficient (Wildman–Crippen LogP) is 8.65. The van der Waals surface area contributed by atoms with Crippen molar-refractivity contribution in [3.05, 3.63) is 119 Å². The van der Waals surface area contributed by atoms with Crippen molar-refractivity contribution in [2.24, 2.45) is 5.10 Å². The summed E-state index contributed by atoms with van der Waals surface area (Å²) in [7, 11) is 0. The standard InChI is InChI=1S/C30H14F6N4/c1-37-40-27-21-5-3-2-4-20(21)26-28(27)39-25-15-23(17-8-12-19(13-9-17)30(34,35)36)22(14-24(25)38-26)16-6-10-18(11-7-16)29(31,32)33/h2-15H. The summed E-state index contributed by atoms with van der Waals surface area (Å²) in [5, 5.41) is 3.93. The van der Waals surface area contributed by atoms with Crippen LogP contribution in [0.4, 0.5) is 26.3 Å². The first-order valence-electron chi connectivity index (χ1n) is 11.8. The van der Waals surface area contributed by atoms with Crippen LogP contribution < -0.4 is 0 Å². The fraction of sp³-hybridized carbons (Fsp3) is 0.0667. The lowest BCUT2D eigenvalue weighted by Crippen LogP contribution is -2.04. The Balaban J connectivity index is 1.59. The highest BCUT2D eigenvalue weighted by Crippen LogP contribution is 2.41. The van der Waals surface area contributed by atoms with Crippen molar-refractivity contribution in [2.75, 3.05) is 0 Å². The molecule has 40 heavy (non-hydrogen) atoms. The van der Waals surface area contributed by atoms with Crippen LogP contribution in [-0.2, 0) is 12.4 Å². The van der Waals surface area contributed by atoms with Gasteiger partial charge in [-0.1, -0.05) is 48.5 Å². The van der Waals surface area contributed by atoms with Gasteiger partial charge in [-0.05, 0) is 58.7 Å². The third-order valence-corrected chi connectivity index (χ3v) is 6.66. The molecule has 1 aromatic heterocycles. The quantitative estimate of drug-likeness (QED) is 0.124. The maximum atomic E-state index is 13.2. The molecule has 1 heterocycles. The van der Waals surface area contributed by atoms with E-state index in [0.29, 0.717) is 56.0 Å². The van der Waals surface area contributed by atoms with Crippen LogP contribution in [0.15, 0.2) is 90.0 Å². The van der Waals surface area contributed by atoms with E-state index in [0.717, 1.165) is 29.8 Å². The summed E-state index contributed by atoms with van der Waals surface area (Å²) in [4.78, 5) is 12.7. The van der Waals surface area contributed by atoms with Crippen LogP contribution in [0.5, 0.6) is 0 Å². The number of hydrogen-bond acceptors (Lipinski definition) is 3. The van der Waals surface area contributed by atoms with E-state index < -0.39 is 23.5 Å². The molecule has 0 amide bonds. The molecule has 0 bridgehead atoms. The molecule has 0 saturated carbocycles. The minimum absolute atomic E-state index is 0.359. The molecule has 0 saturated heterocycles. The average molecular weight is 544 g/mol. The SMILES string of the molecule is [C-]#[N+]N=C1c2ccccc2-c2nc3cc(-c4ccc(C(F)(F)F)cc4)c(-c4ccc(C(F)(F)F)cc4)cc3nc21. The summed E-state index contributed by atoms with van der Waals surface area (Å²) in [6.45, 7) is 7.24. The van der Waals surface area contributed by atoms with Gasteiger partial charge in [-0.3, -0.25) is 0 Å². The first-order chi connectivity index (χ1) is 19.0. The Hall–Kier alpha value is -5.04. The molecule has 6 rings (SSSR count). The lowest BCUT2D eigenvalue weighted by Gasteiger charge is -2.15. The van der Waals surface area contributed by atoms with Gasteiger partial charge in [0.2, 0.25) is 0 Å². The molecule has 5 aromatic rings. The number of halogens is 6. The van der Waals surface area contributed by atoms with Gasteiger partial charge in [0.1, 0.15) is 5.69 Å². The van der Waals surface area contributed by atoms with Gasteiger partial charge in [0, 0.05) is 11.1 Å². The van der Waals surface area contributed by atoms with E-state index in [2.05, 4.69) is 10.1 Å². The van der Waals surface area contributed by atoms with Gasteiger partial charge < -0.3 is 0 Å². The van der Waals surface area contributed by atoms with Gasteiger partial charge >= 0.3 is 12.4 Å². The molecule has 0 atom stereocenters. The molecular weight excluding hydrogens is 530 g/mol. The van der Waals surface area contributed by atoms with Crippen LogP contribution in [0.3, 0.4) is 0 Å². The molecular formula is C30H14F6N4. The first-order valence-corrected chi connectivity index (χ1v) is 11.8. The molecule has 196 valence electrons. The predicted molar refractivity (Wildman–Crippen MR) is 138 cm³/mol. The lowest BCUT2D eigenvalue weighted by molar-refractivity contribution is -0.138. The van der Waals surface area contributed by atoms with E-state index in [-0.39, 0.29) is 0 Å². The monoisotopic (exact) mass is 544 g/mol. The largest absolute Gasteiger partial charge is 0.416 e. The summed E-state index contributed by atoms with van der Waals surface area (Å²) in [6, 6.07) is 19.6. The summed E-state index contributed by atoms with van der Waals surface area (Å²) >= 11 is 0. The Morgan fingerprint density at radius 2 is 1.02 bits per heavy atom. The van der Waals surface area contributed by atoms with Gasteiger partial charge in [0.15, 0.2) is 5.71 Å². The van der Waals surface area contributed by atoms with Crippen molar-refractivity contribution in [3.63, 3.8) is 0 Å². The van der Waals surface area contributed by atoms with Crippen molar-refractivity contribution >= 4 is 16.7 Å². The smallest absolute Gasteiger partial charge is 0.244 e. The zero-order chi connectivity index (χ0) is 28.2. The fourth-order valence-electron chi connectivity index (χ4n) is 4.79. The van der Waals surface area contributed by atoms with Gasteiger partial charge in [-0.15, -0.1) is 4.95 Å². The number of fused-ring (bicyclic) bond motifs is 4. The normalized spacial score (nSPS) is 13.8. The maximum Gasteiger partial charge on any atom is 0.416 e. The molecule has 0 aliphatic heterocycles. The molecule has 1 aliphatic carbocycles. The van der Waals surface area contributed by atoms with Crippen molar-refractivity contribution in [2.45, 2.75) is 12.4 Å². The third kappa shape index (κ3) is 4.25. The van der Waals surface area contributed by atoms with E-state index in [1.807, 2.05) is 12.1 Å². The van der Waals surface area contributed by atoms with Gasteiger partial charge in [0.05, 0.1) is 33.0 Å². The van der Waals surface area contributed by atoms with E-state index in [4.69, 9.17) is 16.5 Å². The summed E-state index contributed by atoms with van der Waals surface area (Å²) in [5.41, 5.74) is 3.58. The van der Waals surface area contributed by atoms with Crippen molar-refractivity contribution in [3.8, 4) is 33.5 Å². The van der Waals surface area contributed by atoms with Gasteiger partial charge in [-0.25, -0.2) is 9.97 Å². The molecule has 0 N–H and O–H groups in total. The summed E-state index contributed by atoms with van der Waals surface area (Å²) in [5.74, 6) is 0. The van der Waals surface area contributed by atoms with E-state index in [9.17, 15) is 26.3 Å². The first kappa shape index (κ1) is 25.2. The minimum atomic E-state index is -4.53. The molecule has 1 aliphatic rings. The van der Waals surface area contributed by atoms with Crippen molar-refractivity contribution in [1.29, 1.82) is 0 Å². The van der Waals surface area contributed by atoms with Gasteiger partial charge in [0.25, 0.3) is 0 Å². The molecule has 0 spiro atoms. The molecule has 0 fully saturated rings. The second-order valence-electron chi connectivity index (χ2n) is 9.05. The third-order valence-electron chi connectivity index (χ3n) is 6.66. The second kappa shape index (κ2) is 9.02. The van der Waals surface area contributed by atoms with Crippen molar-refractivity contribution in [1.82, 2.24) is 9.97 Å². The number of benzene rings is 4. The number of aromatic nitrogens is 2. The van der Waals surface area contributed by atoms with E-state index >= 15 is 0 Å². The molecule has 10 heteroatoms. The zero-order valence-corrected chi connectivity index (χ0v) is 20.1. The fourth-order valence-corrected chi connectivity index (χ4v) is 4.79. The maximum absolute atomic E-state index is 13.2. The number of nitrogens with zero attached hydrogens (tertiary/aromatic N) is 4. The molecule has 4 nitrogen and oxygen atoms in total. The Morgan fingerprint density at radius 3 is 1.48 bits per heavy atom. The molecule has 0 radical (unpaired) electrons. The van der Waals surface area contributed by atoms with E-state index in [1.165, 1.54) is 24.3 Å². The average Bonchev–Trinajstić information content (AvgIpc) is 3.23. The van der Waals surface area contributed by atoms with Crippen molar-refractivity contribution < 1.29 is 26.3 Å². The highest BCUT2D eigenvalue weighted by atomic mass is 19.4. The number of rotatable bonds is 2. The number of alkyl halides is 6. The molecule has 4 aromatic carbocycles. The highest BCUT2D eigenvalue weighted by Gasteiger charge is 2.32. The Kier molecular flexibility index (Phi) is 5.69. The highest BCUT2D eigenvalue weighted by molar-refractivity contribution is 6.23. The minimum Gasteiger partial charge on any atom is -0.244 e. The molecule has 0 unspecified atom stereocenters. The number of hydrogen-bond donors (Lipinski definition) is 0.